The van der Waals surface area contributed by atoms with Crippen LogP contribution in [0.5, 0.6) is 0 Å². The Hall–Kier alpha value is -1.70. The van der Waals surface area contributed by atoms with E-state index in [1.165, 1.54) is 12.1 Å². The van der Waals surface area contributed by atoms with Gasteiger partial charge in [-0.05, 0) is 68.3 Å². The van der Waals surface area contributed by atoms with Gasteiger partial charge < -0.3 is 4.90 Å². The standard InChI is InChI=1S/C19H24N2O3S2/c1-15-5-2-3-13-21(15)19(22)16-7-9-18(10-8-16)26(23,24)20-12-11-17-6-4-14-25-17/h4,6-10,14-15,20H,2-3,5,11-13H2,1H3/t15-/m1/s1. The molecular formula is C19H24N2O3S2. The van der Waals surface area contributed by atoms with Crippen LogP contribution in [0.1, 0.15) is 41.4 Å². The first-order valence-corrected chi connectivity index (χ1v) is 11.3. The van der Waals surface area contributed by atoms with Crippen molar-refractivity contribution in [1.82, 2.24) is 9.62 Å². The van der Waals surface area contributed by atoms with E-state index >= 15 is 0 Å². The molecule has 140 valence electrons. The minimum atomic E-state index is -3.56. The predicted molar refractivity (Wildman–Crippen MR) is 104 cm³/mol. The summed E-state index contributed by atoms with van der Waals surface area (Å²) >= 11 is 1.61. The van der Waals surface area contributed by atoms with Gasteiger partial charge in [-0.15, -0.1) is 11.3 Å². The summed E-state index contributed by atoms with van der Waals surface area (Å²) in [4.78, 5) is 15.8. The van der Waals surface area contributed by atoms with Crippen LogP contribution in [-0.4, -0.2) is 38.4 Å². The maximum atomic E-state index is 12.6. The first kappa shape index (κ1) is 19.1. The highest BCUT2D eigenvalue weighted by Gasteiger charge is 2.24. The molecule has 26 heavy (non-hydrogen) atoms. The summed E-state index contributed by atoms with van der Waals surface area (Å²) in [7, 11) is -3.56. The lowest BCUT2D eigenvalue weighted by atomic mass is 10.0. The van der Waals surface area contributed by atoms with Crippen LogP contribution in [0.2, 0.25) is 0 Å². The van der Waals surface area contributed by atoms with Crippen LogP contribution >= 0.6 is 11.3 Å². The Morgan fingerprint density at radius 1 is 1.23 bits per heavy atom. The van der Waals surface area contributed by atoms with Crippen molar-refractivity contribution in [3.05, 3.63) is 52.2 Å². The molecule has 2 heterocycles. The van der Waals surface area contributed by atoms with Crippen molar-refractivity contribution in [3.8, 4) is 0 Å². The number of likely N-dealkylation sites (tertiary alicyclic amines) is 1. The van der Waals surface area contributed by atoms with Crippen LogP contribution in [0.4, 0.5) is 0 Å². The summed E-state index contributed by atoms with van der Waals surface area (Å²) in [5.41, 5.74) is 0.538. The minimum Gasteiger partial charge on any atom is -0.336 e. The van der Waals surface area contributed by atoms with Gasteiger partial charge in [0, 0.05) is 29.6 Å². The quantitative estimate of drug-likeness (QED) is 0.820. The molecule has 1 saturated heterocycles. The van der Waals surface area contributed by atoms with E-state index in [0.29, 0.717) is 18.5 Å². The molecule has 3 rings (SSSR count). The van der Waals surface area contributed by atoms with E-state index in [2.05, 4.69) is 11.6 Å². The van der Waals surface area contributed by atoms with Gasteiger partial charge in [-0.3, -0.25) is 4.79 Å². The number of rotatable bonds is 6. The molecule has 1 aliphatic rings. The van der Waals surface area contributed by atoms with Gasteiger partial charge in [0.15, 0.2) is 0 Å². The van der Waals surface area contributed by atoms with Crippen molar-refractivity contribution >= 4 is 27.3 Å². The fourth-order valence-electron chi connectivity index (χ4n) is 3.19. The van der Waals surface area contributed by atoms with Gasteiger partial charge in [0.25, 0.3) is 5.91 Å². The summed E-state index contributed by atoms with van der Waals surface area (Å²) in [6.07, 6.45) is 3.86. The molecule has 5 nitrogen and oxygen atoms in total. The van der Waals surface area contributed by atoms with Crippen LogP contribution in [0.15, 0.2) is 46.7 Å². The maximum absolute atomic E-state index is 12.6. The molecule has 2 aromatic rings. The fourth-order valence-corrected chi connectivity index (χ4v) is 4.93. The number of carbonyl (C=O) groups excluding carboxylic acids is 1. The van der Waals surface area contributed by atoms with Gasteiger partial charge >= 0.3 is 0 Å². The zero-order chi connectivity index (χ0) is 18.6. The fraction of sp³-hybridized carbons (Fsp3) is 0.421. The van der Waals surface area contributed by atoms with E-state index in [1.54, 1.807) is 23.5 Å². The summed E-state index contributed by atoms with van der Waals surface area (Å²) in [5.74, 6) is -0.0215. The minimum absolute atomic E-state index is 0.0215. The Balaban J connectivity index is 1.63. The average molecular weight is 393 g/mol. The van der Waals surface area contributed by atoms with E-state index < -0.39 is 10.0 Å². The Kier molecular flexibility index (Phi) is 6.11. The molecule has 7 heteroatoms. The number of piperidine rings is 1. The average Bonchev–Trinajstić information content (AvgIpc) is 3.15. The van der Waals surface area contributed by atoms with Crippen LogP contribution in [0.3, 0.4) is 0 Å². The lowest BCUT2D eigenvalue weighted by Crippen LogP contribution is -2.42. The van der Waals surface area contributed by atoms with Crippen molar-refractivity contribution < 1.29 is 13.2 Å². The lowest BCUT2D eigenvalue weighted by Gasteiger charge is -2.33. The zero-order valence-corrected chi connectivity index (χ0v) is 16.5. The summed E-state index contributed by atoms with van der Waals surface area (Å²) < 4.78 is 27.4. The molecule has 0 aliphatic carbocycles. The van der Waals surface area contributed by atoms with Crippen molar-refractivity contribution in [2.45, 2.75) is 43.5 Å². The SMILES string of the molecule is C[C@@H]1CCCCN1C(=O)c1ccc(S(=O)(=O)NCCc2cccs2)cc1. The predicted octanol–water partition coefficient (Wildman–Crippen LogP) is 3.28. The van der Waals surface area contributed by atoms with Gasteiger partial charge in [0.2, 0.25) is 10.0 Å². The molecule has 0 bridgehead atoms. The summed E-state index contributed by atoms with van der Waals surface area (Å²) in [6, 6.07) is 10.4. The van der Waals surface area contributed by atoms with Gasteiger partial charge in [-0.25, -0.2) is 13.1 Å². The number of amides is 1. The summed E-state index contributed by atoms with van der Waals surface area (Å²) in [6.45, 7) is 3.19. The Bertz CT molecular complexity index is 830. The number of hydrogen-bond donors (Lipinski definition) is 1. The number of nitrogens with zero attached hydrogens (tertiary/aromatic N) is 1. The topological polar surface area (TPSA) is 66.5 Å². The monoisotopic (exact) mass is 392 g/mol. The van der Waals surface area contributed by atoms with Gasteiger partial charge in [0.1, 0.15) is 0 Å². The molecule has 1 aromatic carbocycles. The molecule has 0 radical (unpaired) electrons. The first-order chi connectivity index (χ1) is 12.5. The Morgan fingerprint density at radius 2 is 2.00 bits per heavy atom. The molecule has 1 amide bonds. The van der Waals surface area contributed by atoms with Crippen molar-refractivity contribution in [2.75, 3.05) is 13.1 Å². The third-order valence-electron chi connectivity index (χ3n) is 4.72. The van der Waals surface area contributed by atoms with Crippen LogP contribution < -0.4 is 4.72 Å². The number of thiophene rings is 1. The lowest BCUT2D eigenvalue weighted by molar-refractivity contribution is 0.0635. The summed E-state index contributed by atoms with van der Waals surface area (Å²) in [5, 5.41) is 1.97. The molecule has 1 fully saturated rings. The number of nitrogens with one attached hydrogen (secondary N) is 1. The van der Waals surface area contributed by atoms with Gasteiger partial charge in [-0.2, -0.15) is 0 Å². The number of benzene rings is 1. The molecular weight excluding hydrogens is 368 g/mol. The highest BCUT2D eigenvalue weighted by atomic mass is 32.2. The van der Waals surface area contributed by atoms with Gasteiger partial charge in [0.05, 0.1) is 4.90 Å². The molecule has 1 aliphatic heterocycles. The van der Waals surface area contributed by atoms with Crippen LogP contribution in [0, 0.1) is 0 Å². The second kappa shape index (κ2) is 8.33. The van der Waals surface area contributed by atoms with Crippen molar-refractivity contribution in [3.63, 3.8) is 0 Å². The Labute approximate surface area is 159 Å². The van der Waals surface area contributed by atoms with E-state index in [1.807, 2.05) is 22.4 Å². The molecule has 1 N–H and O–H groups in total. The highest BCUT2D eigenvalue weighted by Crippen LogP contribution is 2.20. The van der Waals surface area contributed by atoms with Crippen LogP contribution in [0.25, 0.3) is 0 Å². The van der Waals surface area contributed by atoms with E-state index in [4.69, 9.17) is 0 Å². The largest absolute Gasteiger partial charge is 0.336 e. The van der Waals surface area contributed by atoms with E-state index in [-0.39, 0.29) is 16.8 Å². The third-order valence-corrected chi connectivity index (χ3v) is 7.13. The van der Waals surface area contributed by atoms with Crippen molar-refractivity contribution in [1.29, 1.82) is 0 Å². The molecule has 0 unspecified atom stereocenters. The van der Waals surface area contributed by atoms with Crippen molar-refractivity contribution in [2.24, 2.45) is 0 Å². The zero-order valence-electron chi connectivity index (χ0n) is 14.8. The third kappa shape index (κ3) is 4.52. The first-order valence-electron chi connectivity index (χ1n) is 8.90. The molecule has 0 spiro atoms. The number of sulfonamides is 1. The maximum Gasteiger partial charge on any atom is 0.254 e. The Morgan fingerprint density at radius 3 is 2.65 bits per heavy atom. The van der Waals surface area contributed by atoms with Gasteiger partial charge in [-0.1, -0.05) is 6.07 Å². The molecule has 0 saturated carbocycles. The van der Waals surface area contributed by atoms with E-state index in [9.17, 15) is 13.2 Å². The number of carbonyl (C=O) groups is 1. The van der Waals surface area contributed by atoms with E-state index in [0.717, 1.165) is 30.7 Å². The number of hydrogen-bond acceptors (Lipinski definition) is 4. The normalized spacial score (nSPS) is 18.0. The smallest absolute Gasteiger partial charge is 0.254 e. The molecule has 1 aromatic heterocycles. The molecule has 1 atom stereocenters. The van der Waals surface area contributed by atoms with Crippen LogP contribution in [-0.2, 0) is 16.4 Å². The highest BCUT2D eigenvalue weighted by molar-refractivity contribution is 7.89. The second-order valence-corrected chi connectivity index (χ2v) is 9.39. The second-order valence-electron chi connectivity index (χ2n) is 6.59.